The van der Waals surface area contributed by atoms with Crippen LogP contribution in [0.25, 0.3) is 0 Å². The molecule has 3 aliphatic heterocycles. The molecule has 7 nitrogen and oxygen atoms in total. The summed E-state index contributed by atoms with van der Waals surface area (Å²) >= 11 is 0. The van der Waals surface area contributed by atoms with E-state index in [1.807, 2.05) is 19.1 Å². The minimum Gasteiger partial charge on any atom is -0.379 e. The number of Topliss-reactive ketones (excluding diaryl/α,β-unsaturated/α-hetero) is 1. The molecule has 0 aliphatic carbocycles. The van der Waals surface area contributed by atoms with E-state index in [2.05, 4.69) is 0 Å². The Labute approximate surface area is 152 Å². The van der Waals surface area contributed by atoms with Gasteiger partial charge in [-0.3, -0.25) is 19.3 Å². The molecule has 7 heteroatoms. The third-order valence-corrected chi connectivity index (χ3v) is 4.61. The lowest BCUT2D eigenvalue weighted by Gasteiger charge is -2.13. The van der Waals surface area contributed by atoms with E-state index < -0.39 is 0 Å². The minimum atomic E-state index is -0.304. The second-order valence-electron chi connectivity index (χ2n) is 6.37. The van der Waals surface area contributed by atoms with Crippen molar-refractivity contribution in [2.45, 2.75) is 32.0 Å². The highest BCUT2D eigenvalue weighted by atomic mass is 16.5. The first-order valence-electron chi connectivity index (χ1n) is 8.84. The molecule has 0 N–H and O–H groups in total. The molecule has 0 saturated carbocycles. The Hall–Kier alpha value is -2.09. The highest BCUT2D eigenvalue weighted by Crippen LogP contribution is 2.35. The number of hydrogen-bond donors (Lipinski definition) is 0. The molecule has 2 unspecified atom stereocenters. The average Bonchev–Trinajstić information content (AvgIpc) is 3.30. The summed E-state index contributed by atoms with van der Waals surface area (Å²) < 4.78 is 16.5. The molecule has 3 heterocycles. The number of imide groups is 1. The number of nitrogens with zero attached hydrogens (tertiary/aromatic N) is 1. The fourth-order valence-corrected chi connectivity index (χ4v) is 3.22. The lowest BCUT2D eigenvalue weighted by atomic mass is 9.93. The van der Waals surface area contributed by atoms with Gasteiger partial charge in [0.05, 0.1) is 32.5 Å². The number of ether oxygens (including phenoxy) is 3. The quantitative estimate of drug-likeness (QED) is 0.310. The van der Waals surface area contributed by atoms with Crippen LogP contribution in [0.5, 0.6) is 0 Å². The smallest absolute Gasteiger partial charge is 0.253 e. The SMILES string of the molecule is CC1=C(C(=O)CCCOCCOCCN2C(=O)C=CC2=O)C2C=CC1O2. The Morgan fingerprint density at radius 1 is 1.04 bits per heavy atom. The zero-order valence-electron chi connectivity index (χ0n) is 14.8. The van der Waals surface area contributed by atoms with E-state index in [0.717, 1.165) is 16.0 Å². The normalized spacial score (nSPS) is 23.8. The predicted octanol–water partition coefficient (Wildman–Crippen LogP) is 0.948. The van der Waals surface area contributed by atoms with Crippen LogP contribution in [-0.2, 0) is 28.6 Å². The first-order valence-corrected chi connectivity index (χ1v) is 8.84. The van der Waals surface area contributed by atoms with Crippen LogP contribution in [0.15, 0.2) is 35.5 Å². The molecule has 3 aliphatic rings. The summed E-state index contributed by atoms with van der Waals surface area (Å²) in [5.74, 6) is -0.477. The van der Waals surface area contributed by atoms with E-state index in [-0.39, 0.29) is 43.0 Å². The van der Waals surface area contributed by atoms with Crippen molar-refractivity contribution in [3.8, 4) is 0 Å². The van der Waals surface area contributed by atoms with Crippen LogP contribution in [0.1, 0.15) is 19.8 Å². The average molecular weight is 361 g/mol. The van der Waals surface area contributed by atoms with Crippen molar-refractivity contribution in [2.75, 3.05) is 33.0 Å². The molecule has 0 spiro atoms. The summed E-state index contributed by atoms with van der Waals surface area (Å²) in [6, 6.07) is 0. The van der Waals surface area contributed by atoms with Gasteiger partial charge in [-0.05, 0) is 18.9 Å². The predicted molar refractivity (Wildman–Crippen MR) is 92.2 cm³/mol. The van der Waals surface area contributed by atoms with Crippen molar-refractivity contribution in [2.24, 2.45) is 0 Å². The molecule has 140 valence electrons. The molecule has 2 atom stereocenters. The Kier molecular flexibility index (Phi) is 6.13. The summed E-state index contributed by atoms with van der Waals surface area (Å²) in [4.78, 5) is 36.1. The summed E-state index contributed by atoms with van der Waals surface area (Å²) in [6.07, 6.45) is 7.36. The van der Waals surface area contributed by atoms with Crippen molar-refractivity contribution < 1.29 is 28.6 Å². The Morgan fingerprint density at radius 2 is 1.69 bits per heavy atom. The highest BCUT2D eigenvalue weighted by Gasteiger charge is 2.36. The van der Waals surface area contributed by atoms with E-state index >= 15 is 0 Å². The number of hydrogen-bond acceptors (Lipinski definition) is 6. The van der Waals surface area contributed by atoms with Gasteiger partial charge in [-0.1, -0.05) is 12.2 Å². The van der Waals surface area contributed by atoms with Gasteiger partial charge in [-0.15, -0.1) is 0 Å². The molecular weight excluding hydrogens is 338 g/mol. The van der Waals surface area contributed by atoms with Gasteiger partial charge in [0.25, 0.3) is 11.8 Å². The van der Waals surface area contributed by atoms with Gasteiger partial charge in [0.15, 0.2) is 5.78 Å². The van der Waals surface area contributed by atoms with Crippen LogP contribution < -0.4 is 0 Å². The van der Waals surface area contributed by atoms with E-state index in [1.165, 1.54) is 12.2 Å². The number of ketones is 1. The van der Waals surface area contributed by atoms with Gasteiger partial charge in [-0.2, -0.15) is 0 Å². The third-order valence-electron chi connectivity index (χ3n) is 4.61. The molecule has 0 aromatic rings. The van der Waals surface area contributed by atoms with Crippen LogP contribution in [0.2, 0.25) is 0 Å². The second-order valence-corrected chi connectivity index (χ2v) is 6.37. The first-order chi connectivity index (χ1) is 12.6. The molecule has 0 fully saturated rings. The summed E-state index contributed by atoms with van der Waals surface area (Å²) in [6.45, 7) is 3.75. The number of carbonyl (C=O) groups excluding carboxylic acids is 3. The largest absolute Gasteiger partial charge is 0.379 e. The van der Waals surface area contributed by atoms with Crippen molar-refractivity contribution >= 4 is 17.6 Å². The maximum Gasteiger partial charge on any atom is 0.253 e. The maximum absolute atomic E-state index is 12.3. The van der Waals surface area contributed by atoms with Gasteiger partial charge < -0.3 is 14.2 Å². The first kappa shape index (κ1) is 18.7. The van der Waals surface area contributed by atoms with Crippen molar-refractivity contribution in [3.63, 3.8) is 0 Å². The summed E-state index contributed by atoms with van der Waals surface area (Å²) in [5, 5.41) is 0. The maximum atomic E-state index is 12.3. The second kappa shape index (κ2) is 8.53. The molecule has 0 radical (unpaired) electrons. The lowest BCUT2D eigenvalue weighted by molar-refractivity contribution is -0.137. The van der Waals surface area contributed by atoms with Crippen LogP contribution >= 0.6 is 0 Å². The Morgan fingerprint density at radius 3 is 2.35 bits per heavy atom. The van der Waals surface area contributed by atoms with E-state index in [4.69, 9.17) is 14.2 Å². The van der Waals surface area contributed by atoms with Crippen molar-refractivity contribution in [1.82, 2.24) is 4.90 Å². The molecule has 2 amide bonds. The van der Waals surface area contributed by atoms with Gasteiger partial charge in [0, 0.05) is 30.8 Å². The van der Waals surface area contributed by atoms with Crippen LogP contribution in [-0.4, -0.2) is 67.7 Å². The lowest BCUT2D eigenvalue weighted by Crippen LogP contribution is -2.33. The molecule has 3 rings (SSSR count). The monoisotopic (exact) mass is 361 g/mol. The van der Waals surface area contributed by atoms with Crippen LogP contribution in [0.3, 0.4) is 0 Å². The zero-order valence-corrected chi connectivity index (χ0v) is 14.8. The highest BCUT2D eigenvalue weighted by molar-refractivity contribution is 6.12. The molecular formula is C19H23NO6. The van der Waals surface area contributed by atoms with E-state index in [9.17, 15) is 14.4 Å². The van der Waals surface area contributed by atoms with Gasteiger partial charge >= 0.3 is 0 Å². The minimum absolute atomic E-state index is 0.0192. The van der Waals surface area contributed by atoms with Crippen LogP contribution in [0.4, 0.5) is 0 Å². The summed E-state index contributed by atoms with van der Waals surface area (Å²) in [7, 11) is 0. The van der Waals surface area contributed by atoms with Gasteiger partial charge in [0.1, 0.15) is 6.10 Å². The number of rotatable bonds is 11. The summed E-state index contributed by atoms with van der Waals surface area (Å²) in [5.41, 5.74) is 1.84. The van der Waals surface area contributed by atoms with Crippen LogP contribution in [0, 0.1) is 0 Å². The topological polar surface area (TPSA) is 82.1 Å². The fraction of sp³-hybridized carbons (Fsp3) is 0.526. The zero-order chi connectivity index (χ0) is 18.5. The molecule has 0 saturated heterocycles. The Bertz CT molecular complexity index is 660. The number of carbonyl (C=O) groups is 3. The van der Waals surface area contributed by atoms with E-state index in [1.54, 1.807) is 0 Å². The standard InChI is InChI=1S/C19H23NO6/c1-13-15-4-5-16(26-15)19(13)14(21)3-2-9-24-11-12-25-10-8-20-17(22)6-7-18(20)23/h4-7,15-16H,2-3,8-12H2,1H3. The molecule has 0 aromatic heterocycles. The fourth-order valence-electron chi connectivity index (χ4n) is 3.22. The van der Waals surface area contributed by atoms with Crippen molar-refractivity contribution in [3.05, 3.63) is 35.5 Å². The third kappa shape index (κ3) is 4.17. The van der Waals surface area contributed by atoms with E-state index in [0.29, 0.717) is 32.7 Å². The van der Waals surface area contributed by atoms with Crippen molar-refractivity contribution in [1.29, 1.82) is 0 Å². The molecule has 26 heavy (non-hydrogen) atoms. The van der Waals surface area contributed by atoms with Gasteiger partial charge in [0.2, 0.25) is 0 Å². The molecule has 2 bridgehead atoms. The molecule has 0 aromatic carbocycles. The number of fused-ring (bicyclic) bond motifs is 2. The Balaban J connectivity index is 1.20. The number of amides is 2. The van der Waals surface area contributed by atoms with Gasteiger partial charge in [-0.25, -0.2) is 0 Å².